The van der Waals surface area contributed by atoms with E-state index in [1.807, 2.05) is 0 Å². The Kier molecular flexibility index (Phi) is 5.29. The zero-order chi connectivity index (χ0) is 14.4. The van der Waals surface area contributed by atoms with Gasteiger partial charge >= 0.3 is 12.1 Å². The second kappa shape index (κ2) is 6.72. The van der Waals surface area contributed by atoms with Crippen LogP contribution < -0.4 is 4.74 Å². The molecular weight excluding hydrogens is 255 g/mol. The first-order chi connectivity index (χ1) is 8.88. The standard InChI is InChI=1S/C13H15FO5/c1-8(2)12(15)17-9(3)18-13(16)19-11-6-4-5-10(14)7-11/h4-9H,1-3H3. The zero-order valence-corrected chi connectivity index (χ0v) is 10.9. The molecule has 0 heterocycles. The molecule has 1 aromatic carbocycles. The third-order valence-corrected chi connectivity index (χ3v) is 2.01. The van der Waals surface area contributed by atoms with Crippen molar-refractivity contribution >= 4 is 12.1 Å². The van der Waals surface area contributed by atoms with Gasteiger partial charge in [0.2, 0.25) is 6.29 Å². The first kappa shape index (κ1) is 14.9. The number of benzene rings is 1. The highest BCUT2D eigenvalue weighted by molar-refractivity contribution is 5.72. The summed E-state index contributed by atoms with van der Waals surface area (Å²) < 4.78 is 27.1. The molecule has 0 aromatic heterocycles. The Balaban J connectivity index is 2.45. The van der Waals surface area contributed by atoms with Crippen molar-refractivity contribution in [3.05, 3.63) is 30.1 Å². The van der Waals surface area contributed by atoms with Gasteiger partial charge in [-0.3, -0.25) is 4.79 Å². The van der Waals surface area contributed by atoms with E-state index in [1.165, 1.54) is 25.1 Å². The van der Waals surface area contributed by atoms with Gasteiger partial charge in [0.25, 0.3) is 0 Å². The van der Waals surface area contributed by atoms with Crippen molar-refractivity contribution in [2.45, 2.75) is 27.1 Å². The van der Waals surface area contributed by atoms with Gasteiger partial charge in [-0.2, -0.15) is 0 Å². The van der Waals surface area contributed by atoms with Crippen molar-refractivity contribution in [3.63, 3.8) is 0 Å². The average Bonchev–Trinajstić information content (AvgIpc) is 2.27. The minimum Gasteiger partial charge on any atom is -0.425 e. The maximum atomic E-state index is 12.8. The molecule has 0 saturated heterocycles. The Labute approximate surface area is 110 Å². The number of ether oxygens (including phenoxy) is 3. The molecule has 1 aromatic rings. The van der Waals surface area contributed by atoms with Crippen molar-refractivity contribution in [2.75, 3.05) is 0 Å². The topological polar surface area (TPSA) is 61.8 Å². The molecule has 0 aliphatic rings. The molecule has 0 bridgehead atoms. The van der Waals surface area contributed by atoms with E-state index in [2.05, 4.69) is 4.74 Å². The van der Waals surface area contributed by atoms with Crippen LogP contribution in [0, 0.1) is 11.7 Å². The van der Waals surface area contributed by atoms with E-state index in [0.717, 1.165) is 6.07 Å². The van der Waals surface area contributed by atoms with Gasteiger partial charge in [0.1, 0.15) is 11.6 Å². The predicted octanol–water partition coefficient (Wildman–Crippen LogP) is 2.89. The van der Waals surface area contributed by atoms with Crippen molar-refractivity contribution in [1.29, 1.82) is 0 Å². The Morgan fingerprint density at radius 1 is 1.16 bits per heavy atom. The molecule has 0 aliphatic heterocycles. The van der Waals surface area contributed by atoms with Crippen molar-refractivity contribution in [3.8, 4) is 5.75 Å². The van der Waals surface area contributed by atoms with Crippen LogP contribution in [0.5, 0.6) is 5.75 Å². The van der Waals surface area contributed by atoms with Gasteiger partial charge in [0.05, 0.1) is 5.92 Å². The van der Waals surface area contributed by atoms with Gasteiger partial charge < -0.3 is 14.2 Å². The summed E-state index contributed by atoms with van der Waals surface area (Å²) in [5, 5.41) is 0. The highest BCUT2D eigenvalue weighted by Gasteiger charge is 2.17. The molecule has 1 rings (SSSR count). The lowest BCUT2D eigenvalue weighted by Crippen LogP contribution is -2.25. The van der Waals surface area contributed by atoms with Gasteiger partial charge in [-0.15, -0.1) is 0 Å². The van der Waals surface area contributed by atoms with E-state index in [9.17, 15) is 14.0 Å². The third-order valence-electron chi connectivity index (χ3n) is 2.01. The highest BCUT2D eigenvalue weighted by atomic mass is 19.1. The molecule has 1 atom stereocenters. The summed E-state index contributed by atoms with van der Waals surface area (Å²) in [4.78, 5) is 22.6. The Hall–Kier alpha value is -2.11. The fourth-order valence-corrected chi connectivity index (χ4v) is 1.11. The summed E-state index contributed by atoms with van der Waals surface area (Å²) in [5.74, 6) is -1.35. The minimum absolute atomic E-state index is 0.00684. The van der Waals surface area contributed by atoms with Crippen LogP contribution >= 0.6 is 0 Å². The Bertz CT molecular complexity index is 458. The second-order valence-electron chi connectivity index (χ2n) is 4.09. The van der Waals surface area contributed by atoms with Crippen LogP contribution in [0.15, 0.2) is 24.3 Å². The van der Waals surface area contributed by atoms with Crippen LogP contribution in [-0.2, 0) is 14.3 Å². The summed E-state index contributed by atoms with van der Waals surface area (Å²) in [6, 6.07) is 5.03. The molecule has 0 fully saturated rings. The van der Waals surface area contributed by atoms with Gasteiger partial charge in [0.15, 0.2) is 0 Å². The Morgan fingerprint density at radius 3 is 2.42 bits per heavy atom. The lowest BCUT2D eigenvalue weighted by atomic mass is 10.2. The summed E-state index contributed by atoms with van der Waals surface area (Å²) in [6.07, 6.45) is -2.15. The number of halogens is 1. The summed E-state index contributed by atoms with van der Waals surface area (Å²) in [7, 11) is 0. The first-order valence-electron chi connectivity index (χ1n) is 5.73. The monoisotopic (exact) mass is 270 g/mol. The van der Waals surface area contributed by atoms with Gasteiger partial charge in [-0.1, -0.05) is 19.9 Å². The molecular formula is C13H15FO5. The maximum absolute atomic E-state index is 12.8. The smallest absolute Gasteiger partial charge is 0.425 e. The molecule has 6 heteroatoms. The van der Waals surface area contributed by atoms with Crippen LogP contribution in [0.2, 0.25) is 0 Å². The molecule has 19 heavy (non-hydrogen) atoms. The first-order valence-corrected chi connectivity index (χ1v) is 5.73. The van der Waals surface area contributed by atoms with Gasteiger partial charge in [-0.05, 0) is 12.1 Å². The van der Waals surface area contributed by atoms with E-state index in [-0.39, 0.29) is 11.7 Å². The molecule has 0 saturated carbocycles. The lowest BCUT2D eigenvalue weighted by molar-refractivity contribution is -0.170. The molecule has 5 nitrogen and oxygen atoms in total. The van der Waals surface area contributed by atoms with Crippen LogP contribution in [-0.4, -0.2) is 18.4 Å². The molecule has 1 unspecified atom stereocenters. The molecule has 0 spiro atoms. The minimum atomic E-state index is -1.07. The van der Waals surface area contributed by atoms with Crippen molar-refractivity contribution in [2.24, 2.45) is 5.92 Å². The number of rotatable bonds is 4. The largest absolute Gasteiger partial charge is 0.516 e. The number of esters is 1. The van der Waals surface area contributed by atoms with Crippen molar-refractivity contribution in [1.82, 2.24) is 0 Å². The van der Waals surface area contributed by atoms with E-state index in [1.54, 1.807) is 13.8 Å². The quantitative estimate of drug-likeness (QED) is 0.478. The number of hydrogen-bond acceptors (Lipinski definition) is 5. The fourth-order valence-electron chi connectivity index (χ4n) is 1.11. The molecule has 0 aliphatic carbocycles. The third kappa shape index (κ3) is 5.37. The van der Waals surface area contributed by atoms with Crippen LogP contribution in [0.1, 0.15) is 20.8 Å². The maximum Gasteiger partial charge on any atom is 0.516 e. The fraction of sp³-hybridized carbons (Fsp3) is 0.385. The molecule has 0 amide bonds. The molecule has 104 valence electrons. The van der Waals surface area contributed by atoms with E-state index < -0.39 is 24.2 Å². The summed E-state index contributed by atoms with van der Waals surface area (Å²) in [5.41, 5.74) is 0. The van der Waals surface area contributed by atoms with Crippen LogP contribution in [0.4, 0.5) is 9.18 Å². The predicted molar refractivity (Wildman–Crippen MR) is 63.9 cm³/mol. The average molecular weight is 270 g/mol. The molecule has 0 N–H and O–H groups in total. The van der Waals surface area contributed by atoms with E-state index in [4.69, 9.17) is 9.47 Å². The van der Waals surface area contributed by atoms with Crippen molar-refractivity contribution < 1.29 is 28.2 Å². The van der Waals surface area contributed by atoms with Gasteiger partial charge in [-0.25, -0.2) is 9.18 Å². The van der Waals surface area contributed by atoms with Gasteiger partial charge in [0, 0.05) is 13.0 Å². The van der Waals surface area contributed by atoms with Crippen LogP contribution in [0.3, 0.4) is 0 Å². The summed E-state index contributed by atoms with van der Waals surface area (Å²) >= 11 is 0. The summed E-state index contributed by atoms with van der Waals surface area (Å²) in [6.45, 7) is 4.69. The SMILES string of the molecule is CC(OC(=O)Oc1cccc(F)c1)OC(=O)C(C)C. The van der Waals surface area contributed by atoms with E-state index >= 15 is 0 Å². The normalized spacial score (nSPS) is 11.8. The Morgan fingerprint density at radius 2 is 1.84 bits per heavy atom. The lowest BCUT2D eigenvalue weighted by Gasteiger charge is -2.15. The number of carbonyl (C=O) groups is 2. The highest BCUT2D eigenvalue weighted by Crippen LogP contribution is 2.13. The number of carbonyl (C=O) groups excluding carboxylic acids is 2. The zero-order valence-electron chi connectivity index (χ0n) is 10.9. The van der Waals surface area contributed by atoms with E-state index in [0.29, 0.717) is 0 Å². The second-order valence-corrected chi connectivity index (χ2v) is 4.09. The number of hydrogen-bond donors (Lipinski definition) is 0. The molecule has 0 radical (unpaired) electrons. The van der Waals surface area contributed by atoms with Crippen LogP contribution in [0.25, 0.3) is 0 Å².